The molecule has 0 aliphatic heterocycles. The molecule has 1 heterocycles. The van der Waals surface area contributed by atoms with Gasteiger partial charge in [0.15, 0.2) is 11.6 Å². The minimum absolute atomic E-state index is 0.138. The molecule has 0 atom stereocenters. The van der Waals surface area contributed by atoms with Crippen molar-refractivity contribution >= 4 is 14.0 Å². The SMILES string of the molecule is COc1cc(CNC(=O)c2cc(C#C[Si](C)(C)C)nc(C)n2)ccc1F. The lowest BCUT2D eigenvalue weighted by atomic mass is 10.2. The van der Waals surface area contributed by atoms with Gasteiger partial charge in [0.25, 0.3) is 5.91 Å². The van der Waals surface area contributed by atoms with Gasteiger partial charge in [-0.2, -0.15) is 0 Å². The van der Waals surface area contributed by atoms with Crippen molar-refractivity contribution in [3.8, 4) is 17.2 Å². The molecule has 1 N–H and O–H groups in total. The van der Waals surface area contributed by atoms with Crippen molar-refractivity contribution in [3.63, 3.8) is 0 Å². The number of carbonyl (C=O) groups is 1. The predicted octanol–water partition coefficient (Wildman–Crippen LogP) is 3.09. The Balaban J connectivity index is 2.14. The fraction of sp³-hybridized carbons (Fsp3) is 0.316. The van der Waals surface area contributed by atoms with E-state index in [0.717, 1.165) is 5.56 Å². The van der Waals surface area contributed by atoms with Crippen LogP contribution < -0.4 is 10.1 Å². The highest BCUT2D eigenvalue weighted by Crippen LogP contribution is 2.18. The standard InChI is InChI=1S/C19H22FN3O2Si/c1-13-22-15(8-9-26(3,4)5)11-17(23-13)19(24)21-12-14-6-7-16(20)18(10-14)25-2/h6-7,10-11H,12H2,1-5H3,(H,21,24). The Morgan fingerprint density at radius 2 is 2.00 bits per heavy atom. The third-order valence-electron chi connectivity index (χ3n) is 3.30. The minimum atomic E-state index is -1.54. The molecule has 0 saturated carbocycles. The van der Waals surface area contributed by atoms with Crippen molar-refractivity contribution in [2.45, 2.75) is 33.1 Å². The number of ether oxygens (including phenoxy) is 1. The van der Waals surface area contributed by atoms with Crippen LogP contribution in [0.25, 0.3) is 0 Å². The lowest BCUT2D eigenvalue weighted by Gasteiger charge is -2.08. The van der Waals surface area contributed by atoms with Gasteiger partial charge >= 0.3 is 0 Å². The molecule has 0 aliphatic rings. The van der Waals surface area contributed by atoms with Crippen LogP contribution >= 0.6 is 0 Å². The van der Waals surface area contributed by atoms with Crippen molar-refractivity contribution in [3.05, 3.63) is 52.9 Å². The van der Waals surface area contributed by atoms with Crippen LogP contribution in [0.15, 0.2) is 24.3 Å². The average Bonchev–Trinajstić information content (AvgIpc) is 2.58. The maximum absolute atomic E-state index is 13.4. The van der Waals surface area contributed by atoms with Gasteiger partial charge in [-0.1, -0.05) is 31.6 Å². The monoisotopic (exact) mass is 371 g/mol. The zero-order valence-electron chi connectivity index (χ0n) is 15.6. The molecular formula is C19H22FN3O2Si. The normalized spacial score (nSPS) is 10.7. The van der Waals surface area contributed by atoms with Crippen LogP contribution in [0.1, 0.15) is 27.6 Å². The molecule has 1 amide bonds. The number of aryl methyl sites for hydroxylation is 1. The van der Waals surface area contributed by atoms with Gasteiger partial charge in [0.05, 0.1) is 7.11 Å². The highest BCUT2D eigenvalue weighted by atomic mass is 28.3. The summed E-state index contributed by atoms with van der Waals surface area (Å²) in [6, 6.07) is 6.03. The minimum Gasteiger partial charge on any atom is -0.494 e. The topological polar surface area (TPSA) is 64.1 Å². The molecule has 26 heavy (non-hydrogen) atoms. The molecule has 0 aliphatic carbocycles. The molecule has 0 unspecified atom stereocenters. The summed E-state index contributed by atoms with van der Waals surface area (Å²) in [4.78, 5) is 20.8. The van der Waals surface area contributed by atoms with E-state index in [1.54, 1.807) is 25.1 Å². The van der Waals surface area contributed by atoms with E-state index in [4.69, 9.17) is 4.74 Å². The van der Waals surface area contributed by atoms with E-state index in [-0.39, 0.29) is 23.9 Å². The van der Waals surface area contributed by atoms with Gasteiger partial charge in [-0.15, -0.1) is 5.54 Å². The van der Waals surface area contributed by atoms with Crippen LogP contribution in [-0.2, 0) is 6.54 Å². The van der Waals surface area contributed by atoms with Gasteiger partial charge in [-0.25, -0.2) is 14.4 Å². The smallest absolute Gasteiger partial charge is 0.270 e. The Bertz CT molecular complexity index is 883. The number of aromatic nitrogens is 2. The summed E-state index contributed by atoms with van der Waals surface area (Å²) in [6.45, 7) is 8.37. The Hall–Kier alpha value is -2.72. The average molecular weight is 371 g/mol. The van der Waals surface area contributed by atoms with E-state index in [0.29, 0.717) is 11.5 Å². The van der Waals surface area contributed by atoms with Gasteiger partial charge in [-0.05, 0) is 24.6 Å². The van der Waals surface area contributed by atoms with E-state index in [2.05, 4.69) is 46.4 Å². The maximum atomic E-state index is 13.4. The first-order valence-electron chi connectivity index (χ1n) is 8.17. The number of benzene rings is 1. The fourth-order valence-electron chi connectivity index (χ4n) is 2.09. The zero-order chi connectivity index (χ0) is 19.3. The van der Waals surface area contributed by atoms with E-state index < -0.39 is 13.9 Å². The molecule has 136 valence electrons. The second kappa shape index (κ2) is 8.10. The largest absolute Gasteiger partial charge is 0.494 e. The molecule has 2 aromatic rings. The van der Waals surface area contributed by atoms with E-state index in [9.17, 15) is 9.18 Å². The third-order valence-corrected chi connectivity index (χ3v) is 4.18. The van der Waals surface area contributed by atoms with Crippen LogP contribution in [0.3, 0.4) is 0 Å². The quantitative estimate of drug-likeness (QED) is 0.663. The molecule has 1 aromatic carbocycles. The van der Waals surface area contributed by atoms with Gasteiger partial charge in [-0.3, -0.25) is 4.79 Å². The molecule has 0 spiro atoms. The molecule has 2 rings (SSSR count). The number of halogens is 1. The third kappa shape index (κ3) is 5.67. The Kier molecular flexibility index (Phi) is 6.11. The van der Waals surface area contributed by atoms with E-state index >= 15 is 0 Å². The van der Waals surface area contributed by atoms with Crippen molar-refractivity contribution in [1.82, 2.24) is 15.3 Å². The Morgan fingerprint density at radius 3 is 2.65 bits per heavy atom. The molecule has 1 aromatic heterocycles. The molecular weight excluding hydrogens is 349 g/mol. The van der Waals surface area contributed by atoms with Gasteiger partial charge < -0.3 is 10.1 Å². The summed E-state index contributed by atoms with van der Waals surface area (Å²) in [7, 11) is -0.143. The summed E-state index contributed by atoms with van der Waals surface area (Å²) in [5.74, 6) is 2.88. The maximum Gasteiger partial charge on any atom is 0.270 e. The van der Waals surface area contributed by atoms with Gasteiger partial charge in [0.2, 0.25) is 0 Å². The summed E-state index contributed by atoms with van der Waals surface area (Å²) in [6.07, 6.45) is 0. The molecule has 0 fully saturated rings. The second-order valence-corrected chi connectivity index (χ2v) is 11.6. The van der Waals surface area contributed by atoms with Crippen LogP contribution in [0.2, 0.25) is 19.6 Å². The van der Waals surface area contributed by atoms with Gasteiger partial charge in [0.1, 0.15) is 25.3 Å². The first-order valence-corrected chi connectivity index (χ1v) is 11.7. The number of rotatable bonds is 4. The molecule has 0 radical (unpaired) electrons. The van der Waals surface area contributed by atoms with Crippen LogP contribution in [-0.4, -0.2) is 31.1 Å². The van der Waals surface area contributed by atoms with Crippen molar-refractivity contribution in [2.75, 3.05) is 7.11 Å². The van der Waals surface area contributed by atoms with Crippen LogP contribution in [0, 0.1) is 24.2 Å². The summed E-state index contributed by atoms with van der Waals surface area (Å²) < 4.78 is 18.4. The van der Waals surface area contributed by atoms with Crippen molar-refractivity contribution in [1.29, 1.82) is 0 Å². The van der Waals surface area contributed by atoms with Crippen molar-refractivity contribution in [2.24, 2.45) is 0 Å². The first-order chi connectivity index (χ1) is 12.2. The first kappa shape index (κ1) is 19.6. The van der Waals surface area contributed by atoms with E-state index in [1.165, 1.54) is 13.2 Å². The molecule has 0 bridgehead atoms. The number of methoxy groups -OCH3 is 1. The van der Waals surface area contributed by atoms with Crippen molar-refractivity contribution < 1.29 is 13.9 Å². The van der Waals surface area contributed by atoms with Crippen LogP contribution in [0.5, 0.6) is 5.75 Å². The number of nitrogens with one attached hydrogen (secondary N) is 1. The Morgan fingerprint density at radius 1 is 1.27 bits per heavy atom. The summed E-state index contributed by atoms with van der Waals surface area (Å²) in [5, 5.41) is 2.77. The number of amides is 1. The van der Waals surface area contributed by atoms with Crippen LogP contribution in [0.4, 0.5) is 4.39 Å². The lowest BCUT2D eigenvalue weighted by Crippen LogP contribution is -2.24. The van der Waals surface area contributed by atoms with Gasteiger partial charge in [0, 0.05) is 12.6 Å². The van der Waals surface area contributed by atoms with E-state index in [1.807, 2.05) is 0 Å². The molecule has 7 heteroatoms. The number of hydrogen-bond acceptors (Lipinski definition) is 4. The Labute approximate surface area is 154 Å². The number of carbonyl (C=O) groups excluding carboxylic acids is 1. The number of nitrogens with zero attached hydrogens (tertiary/aromatic N) is 2. The lowest BCUT2D eigenvalue weighted by molar-refractivity contribution is 0.0945. The predicted molar refractivity (Wildman–Crippen MR) is 101 cm³/mol. The summed E-state index contributed by atoms with van der Waals surface area (Å²) in [5.41, 5.74) is 4.74. The molecule has 5 nitrogen and oxygen atoms in total. The zero-order valence-corrected chi connectivity index (χ0v) is 16.6. The molecule has 0 saturated heterocycles. The highest BCUT2D eigenvalue weighted by molar-refractivity contribution is 6.83. The highest BCUT2D eigenvalue weighted by Gasteiger charge is 2.12. The fourth-order valence-corrected chi connectivity index (χ4v) is 2.59. The second-order valence-electron chi connectivity index (χ2n) is 6.84. The summed E-state index contributed by atoms with van der Waals surface area (Å²) >= 11 is 0. The number of hydrogen-bond donors (Lipinski definition) is 1.